The Kier molecular flexibility index (Phi) is 4.88. The molecule has 24 heavy (non-hydrogen) atoms. The summed E-state index contributed by atoms with van der Waals surface area (Å²) in [5.74, 6) is -0.0715. The van der Waals surface area contributed by atoms with Crippen molar-refractivity contribution < 1.29 is 17.9 Å². The Morgan fingerprint density at radius 3 is 2.67 bits per heavy atom. The minimum absolute atomic E-state index is 0.0274. The van der Waals surface area contributed by atoms with Crippen LogP contribution in [0.3, 0.4) is 0 Å². The van der Waals surface area contributed by atoms with Gasteiger partial charge in [-0.2, -0.15) is 0 Å². The Hall–Kier alpha value is -1.90. The minimum Gasteiger partial charge on any atom is -0.375 e. The van der Waals surface area contributed by atoms with Crippen LogP contribution >= 0.6 is 11.3 Å². The predicted molar refractivity (Wildman–Crippen MR) is 92.9 cm³/mol. The molecule has 0 saturated carbocycles. The van der Waals surface area contributed by atoms with Crippen molar-refractivity contribution in [3.8, 4) is 0 Å². The number of carbonyl (C=O) groups excluding carboxylic acids is 1. The summed E-state index contributed by atoms with van der Waals surface area (Å²) >= 11 is 1.15. The third kappa shape index (κ3) is 3.77. The standard InChI is InChI=1S/C16H18N2O4S2/c1-12-11-18(8-9-22-12)16(19)13-4-6-14(7-5-13)17-24(20,21)15-3-2-10-23-15/h2-7,10,12,17H,8-9,11H2,1H3. The summed E-state index contributed by atoms with van der Waals surface area (Å²) in [4.78, 5) is 14.2. The van der Waals surface area contributed by atoms with Gasteiger partial charge in [-0.1, -0.05) is 6.07 Å². The van der Waals surface area contributed by atoms with Crippen LogP contribution in [0, 0.1) is 0 Å². The topological polar surface area (TPSA) is 75.7 Å². The average molecular weight is 366 g/mol. The first-order valence-electron chi connectivity index (χ1n) is 7.53. The Morgan fingerprint density at radius 2 is 2.04 bits per heavy atom. The van der Waals surface area contributed by atoms with E-state index in [1.807, 2.05) is 6.92 Å². The zero-order valence-electron chi connectivity index (χ0n) is 13.1. The Morgan fingerprint density at radius 1 is 1.29 bits per heavy atom. The molecule has 1 aliphatic heterocycles. The number of nitrogens with one attached hydrogen (secondary N) is 1. The second-order valence-corrected chi connectivity index (χ2v) is 8.40. The second kappa shape index (κ2) is 6.92. The highest BCUT2D eigenvalue weighted by atomic mass is 32.2. The molecule has 0 aliphatic carbocycles. The molecule has 3 rings (SSSR count). The largest absolute Gasteiger partial charge is 0.375 e. The van der Waals surface area contributed by atoms with Gasteiger partial charge in [0.2, 0.25) is 0 Å². The van der Waals surface area contributed by atoms with E-state index < -0.39 is 10.0 Å². The van der Waals surface area contributed by atoms with E-state index in [1.165, 1.54) is 0 Å². The van der Waals surface area contributed by atoms with Gasteiger partial charge in [0.25, 0.3) is 15.9 Å². The maximum atomic E-state index is 12.5. The first-order chi connectivity index (χ1) is 11.5. The first-order valence-corrected chi connectivity index (χ1v) is 9.89. The summed E-state index contributed by atoms with van der Waals surface area (Å²) in [6.07, 6.45) is 0.0274. The maximum Gasteiger partial charge on any atom is 0.271 e. The van der Waals surface area contributed by atoms with Crippen molar-refractivity contribution in [2.45, 2.75) is 17.2 Å². The number of carbonyl (C=O) groups is 1. The molecule has 1 aromatic carbocycles. The van der Waals surface area contributed by atoms with Crippen LogP contribution in [-0.2, 0) is 14.8 Å². The summed E-state index contributed by atoms with van der Waals surface area (Å²) in [5.41, 5.74) is 0.957. The molecule has 0 spiro atoms. The Bertz CT molecular complexity index is 801. The lowest BCUT2D eigenvalue weighted by Crippen LogP contribution is -2.44. The van der Waals surface area contributed by atoms with Crippen LogP contribution in [0.4, 0.5) is 5.69 Å². The van der Waals surface area contributed by atoms with Crippen LogP contribution in [0.1, 0.15) is 17.3 Å². The van der Waals surface area contributed by atoms with E-state index in [1.54, 1.807) is 46.7 Å². The Labute approximate surface area is 145 Å². The van der Waals surface area contributed by atoms with Crippen molar-refractivity contribution in [3.05, 3.63) is 47.3 Å². The molecule has 8 heteroatoms. The number of hydrogen-bond acceptors (Lipinski definition) is 5. The van der Waals surface area contributed by atoms with E-state index in [9.17, 15) is 13.2 Å². The molecule has 2 aromatic rings. The van der Waals surface area contributed by atoms with E-state index in [-0.39, 0.29) is 16.2 Å². The van der Waals surface area contributed by atoms with Crippen molar-refractivity contribution in [2.24, 2.45) is 0 Å². The van der Waals surface area contributed by atoms with Crippen molar-refractivity contribution in [3.63, 3.8) is 0 Å². The number of rotatable bonds is 4. The third-order valence-electron chi connectivity index (χ3n) is 3.67. The van der Waals surface area contributed by atoms with Crippen LogP contribution in [0.25, 0.3) is 0 Å². The normalized spacial score (nSPS) is 18.4. The zero-order chi connectivity index (χ0) is 17.2. The van der Waals surface area contributed by atoms with Crippen LogP contribution in [0.15, 0.2) is 46.0 Å². The predicted octanol–water partition coefficient (Wildman–Crippen LogP) is 2.41. The fraction of sp³-hybridized carbons (Fsp3) is 0.312. The van der Waals surface area contributed by atoms with E-state index in [0.717, 1.165) is 11.3 Å². The van der Waals surface area contributed by atoms with Gasteiger partial charge in [-0.15, -0.1) is 11.3 Å². The van der Waals surface area contributed by atoms with Gasteiger partial charge in [0.1, 0.15) is 4.21 Å². The highest BCUT2D eigenvalue weighted by molar-refractivity contribution is 7.94. The lowest BCUT2D eigenvalue weighted by molar-refractivity contribution is -0.0124. The van der Waals surface area contributed by atoms with E-state index >= 15 is 0 Å². The monoisotopic (exact) mass is 366 g/mol. The SMILES string of the molecule is CC1CN(C(=O)c2ccc(NS(=O)(=O)c3cccs3)cc2)CCO1. The summed E-state index contributed by atoms with van der Waals surface area (Å²) in [6.45, 7) is 3.59. The molecule has 2 heterocycles. The van der Waals surface area contributed by atoms with Crippen LogP contribution < -0.4 is 4.72 Å². The number of ether oxygens (including phenoxy) is 1. The van der Waals surface area contributed by atoms with E-state index in [4.69, 9.17) is 4.74 Å². The van der Waals surface area contributed by atoms with Crippen molar-refractivity contribution in [2.75, 3.05) is 24.4 Å². The van der Waals surface area contributed by atoms with Crippen molar-refractivity contribution in [1.82, 2.24) is 4.90 Å². The van der Waals surface area contributed by atoms with Crippen LogP contribution in [0.2, 0.25) is 0 Å². The van der Waals surface area contributed by atoms with Crippen LogP contribution in [0.5, 0.6) is 0 Å². The first kappa shape index (κ1) is 16.9. The van der Waals surface area contributed by atoms with Gasteiger partial charge in [0, 0.05) is 24.3 Å². The average Bonchev–Trinajstić information content (AvgIpc) is 3.10. The van der Waals surface area contributed by atoms with Gasteiger partial charge in [-0.3, -0.25) is 9.52 Å². The van der Waals surface area contributed by atoms with Crippen molar-refractivity contribution in [1.29, 1.82) is 0 Å². The lowest BCUT2D eigenvalue weighted by atomic mass is 10.1. The van der Waals surface area contributed by atoms with Crippen molar-refractivity contribution >= 4 is 33.0 Å². The molecule has 6 nitrogen and oxygen atoms in total. The molecule has 1 fully saturated rings. The smallest absolute Gasteiger partial charge is 0.271 e. The molecular weight excluding hydrogens is 348 g/mol. The molecule has 1 unspecified atom stereocenters. The van der Waals surface area contributed by atoms with Gasteiger partial charge >= 0.3 is 0 Å². The zero-order valence-corrected chi connectivity index (χ0v) is 14.8. The number of nitrogens with zero attached hydrogens (tertiary/aromatic N) is 1. The number of hydrogen-bond donors (Lipinski definition) is 1. The maximum absolute atomic E-state index is 12.5. The number of benzene rings is 1. The summed E-state index contributed by atoms with van der Waals surface area (Å²) < 4.78 is 32.5. The third-order valence-corrected chi connectivity index (χ3v) is 6.45. The van der Waals surface area contributed by atoms with Gasteiger partial charge < -0.3 is 9.64 Å². The van der Waals surface area contributed by atoms with Gasteiger partial charge in [0.15, 0.2) is 0 Å². The van der Waals surface area contributed by atoms with Gasteiger partial charge in [-0.05, 0) is 42.6 Å². The van der Waals surface area contributed by atoms with Gasteiger partial charge in [0.05, 0.1) is 12.7 Å². The van der Waals surface area contributed by atoms with E-state index in [2.05, 4.69) is 4.72 Å². The summed E-state index contributed by atoms with van der Waals surface area (Å²) in [5, 5.41) is 1.71. The molecule has 0 bridgehead atoms. The molecule has 1 amide bonds. The molecule has 1 aromatic heterocycles. The molecule has 128 valence electrons. The second-order valence-electron chi connectivity index (χ2n) is 5.55. The summed E-state index contributed by atoms with van der Waals surface area (Å²) in [6, 6.07) is 9.70. The number of amides is 1. The number of thiophene rings is 1. The van der Waals surface area contributed by atoms with E-state index in [0.29, 0.717) is 30.9 Å². The molecule has 0 radical (unpaired) electrons. The molecule has 1 N–H and O–H groups in total. The number of anilines is 1. The Balaban J connectivity index is 1.70. The fourth-order valence-electron chi connectivity index (χ4n) is 2.49. The minimum atomic E-state index is -3.57. The highest BCUT2D eigenvalue weighted by Crippen LogP contribution is 2.21. The summed E-state index contributed by atoms with van der Waals surface area (Å²) in [7, 11) is -3.57. The molecule has 1 saturated heterocycles. The number of sulfonamides is 1. The van der Waals surface area contributed by atoms with Crippen LogP contribution in [-0.4, -0.2) is 45.0 Å². The molecule has 1 atom stereocenters. The molecule has 1 aliphatic rings. The quantitative estimate of drug-likeness (QED) is 0.902. The number of morpholine rings is 1. The van der Waals surface area contributed by atoms with Gasteiger partial charge in [-0.25, -0.2) is 8.42 Å². The lowest BCUT2D eigenvalue weighted by Gasteiger charge is -2.31. The molecular formula is C16H18N2O4S2. The fourth-order valence-corrected chi connectivity index (χ4v) is 4.54. The highest BCUT2D eigenvalue weighted by Gasteiger charge is 2.22.